The van der Waals surface area contributed by atoms with Gasteiger partial charge in [0.25, 0.3) is 0 Å². The lowest BCUT2D eigenvalue weighted by molar-refractivity contribution is 0.577. The Labute approximate surface area is 81.8 Å². The second kappa shape index (κ2) is 3.75. The number of rotatable bonds is 2. The summed E-state index contributed by atoms with van der Waals surface area (Å²) in [5.74, 6) is 1.07. The molecule has 1 aromatic rings. The topological polar surface area (TPSA) is 25.8 Å². The molecular weight excluding hydrogens is 188 g/mol. The molecule has 1 rings (SSSR count). The predicted octanol–water partition coefficient (Wildman–Crippen LogP) is 2.95. The van der Waals surface area contributed by atoms with Crippen LogP contribution in [0.2, 0.25) is 0 Å². The van der Waals surface area contributed by atoms with E-state index in [4.69, 9.17) is 0 Å². The first-order valence-corrected chi connectivity index (χ1v) is 5.81. The summed E-state index contributed by atoms with van der Waals surface area (Å²) in [5, 5.41) is 9.38. The maximum atomic E-state index is 4.15. The zero-order valence-electron chi connectivity index (χ0n) is 7.92. The molecule has 4 heteroatoms. The number of nitrogens with zero attached hydrogens (tertiary/aromatic N) is 2. The van der Waals surface area contributed by atoms with Crippen molar-refractivity contribution >= 4 is 23.1 Å². The first-order chi connectivity index (χ1) is 5.54. The molecule has 0 aliphatic carbocycles. The van der Waals surface area contributed by atoms with E-state index in [0.717, 1.165) is 15.1 Å². The maximum absolute atomic E-state index is 4.15. The van der Waals surface area contributed by atoms with Gasteiger partial charge in [0.1, 0.15) is 5.01 Å². The first-order valence-electron chi connectivity index (χ1n) is 4.01. The van der Waals surface area contributed by atoms with E-state index in [-0.39, 0.29) is 5.41 Å². The van der Waals surface area contributed by atoms with Crippen LogP contribution in [0.5, 0.6) is 0 Å². The van der Waals surface area contributed by atoms with E-state index in [2.05, 4.69) is 37.9 Å². The molecule has 0 bridgehead atoms. The molecule has 0 amide bonds. The van der Waals surface area contributed by atoms with E-state index in [1.165, 1.54) is 0 Å². The summed E-state index contributed by atoms with van der Waals surface area (Å²) in [6, 6.07) is 0. The van der Waals surface area contributed by atoms with Crippen molar-refractivity contribution < 1.29 is 0 Å². The van der Waals surface area contributed by atoms with Crippen molar-refractivity contribution in [3.05, 3.63) is 5.01 Å². The van der Waals surface area contributed by atoms with Crippen LogP contribution < -0.4 is 0 Å². The lowest BCUT2D eigenvalue weighted by atomic mass is 9.98. The molecule has 0 N–H and O–H groups in total. The van der Waals surface area contributed by atoms with Gasteiger partial charge in [-0.05, 0) is 5.75 Å². The number of thioether (sulfide) groups is 1. The Bertz CT molecular complexity index is 250. The van der Waals surface area contributed by atoms with Gasteiger partial charge in [-0.2, -0.15) is 0 Å². The fourth-order valence-electron chi connectivity index (χ4n) is 0.695. The average molecular weight is 202 g/mol. The van der Waals surface area contributed by atoms with Crippen LogP contribution in [0.3, 0.4) is 0 Å². The van der Waals surface area contributed by atoms with Gasteiger partial charge in [-0.25, -0.2) is 0 Å². The van der Waals surface area contributed by atoms with Crippen LogP contribution in [0.25, 0.3) is 0 Å². The molecule has 2 nitrogen and oxygen atoms in total. The van der Waals surface area contributed by atoms with Crippen LogP contribution >= 0.6 is 23.1 Å². The Morgan fingerprint density at radius 2 is 2.00 bits per heavy atom. The third-order valence-electron chi connectivity index (χ3n) is 1.32. The summed E-state index contributed by atoms with van der Waals surface area (Å²) >= 11 is 3.46. The van der Waals surface area contributed by atoms with Crippen molar-refractivity contribution in [1.29, 1.82) is 0 Å². The van der Waals surface area contributed by atoms with Crippen molar-refractivity contribution in [2.75, 3.05) is 5.75 Å². The van der Waals surface area contributed by atoms with Crippen molar-refractivity contribution in [3.8, 4) is 0 Å². The summed E-state index contributed by atoms with van der Waals surface area (Å²) in [5.41, 5.74) is 0.143. The van der Waals surface area contributed by atoms with Gasteiger partial charge in [0.05, 0.1) is 0 Å². The van der Waals surface area contributed by atoms with E-state index in [1.807, 2.05) is 0 Å². The molecule has 1 aromatic heterocycles. The van der Waals surface area contributed by atoms with E-state index in [0.29, 0.717) is 0 Å². The third-order valence-corrected chi connectivity index (χ3v) is 3.68. The van der Waals surface area contributed by atoms with Gasteiger partial charge in [-0.3, -0.25) is 0 Å². The Kier molecular flexibility index (Phi) is 3.12. The minimum absolute atomic E-state index is 0.143. The van der Waals surface area contributed by atoms with E-state index >= 15 is 0 Å². The van der Waals surface area contributed by atoms with Gasteiger partial charge in [0.15, 0.2) is 4.34 Å². The van der Waals surface area contributed by atoms with Crippen LogP contribution in [-0.4, -0.2) is 16.0 Å². The average Bonchev–Trinajstić information content (AvgIpc) is 2.35. The van der Waals surface area contributed by atoms with Gasteiger partial charge in [0.2, 0.25) is 0 Å². The fourth-order valence-corrected chi connectivity index (χ4v) is 2.50. The molecule has 12 heavy (non-hydrogen) atoms. The molecule has 0 aliphatic rings. The Balaban J connectivity index is 2.77. The lowest BCUT2D eigenvalue weighted by Gasteiger charge is -2.12. The molecule has 68 valence electrons. The molecule has 0 saturated carbocycles. The second-order valence-electron chi connectivity index (χ2n) is 3.56. The third kappa shape index (κ3) is 2.45. The summed E-state index contributed by atoms with van der Waals surface area (Å²) in [6.45, 7) is 8.61. The summed E-state index contributed by atoms with van der Waals surface area (Å²) < 4.78 is 1.09. The number of aromatic nitrogens is 2. The minimum atomic E-state index is 0.143. The largest absolute Gasteiger partial charge is 0.174 e. The molecule has 1 heterocycles. The van der Waals surface area contributed by atoms with Crippen LogP contribution in [0.15, 0.2) is 4.34 Å². The predicted molar refractivity (Wildman–Crippen MR) is 55.0 cm³/mol. The summed E-state index contributed by atoms with van der Waals surface area (Å²) in [4.78, 5) is 0. The van der Waals surface area contributed by atoms with Crippen LogP contribution in [0.4, 0.5) is 0 Å². The van der Waals surface area contributed by atoms with Crippen LogP contribution in [0, 0.1) is 0 Å². The Morgan fingerprint density at radius 3 is 2.42 bits per heavy atom. The molecular formula is C8H14N2S2. The lowest BCUT2D eigenvalue weighted by Crippen LogP contribution is -2.10. The van der Waals surface area contributed by atoms with Crippen molar-refractivity contribution in [3.63, 3.8) is 0 Å². The van der Waals surface area contributed by atoms with Gasteiger partial charge in [-0.15, -0.1) is 10.2 Å². The highest BCUT2D eigenvalue weighted by atomic mass is 32.2. The van der Waals surface area contributed by atoms with Crippen LogP contribution in [0.1, 0.15) is 32.7 Å². The van der Waals surface area contributed by atoms with Crippen molar-refractivity contribution in [2.24, 2.45) is 0 Å². The highest BCUT2D eigenvalue weighted by molar-refractivity contribution is 8.00. The van der Waals surface area contributed by atoms with Gasteiger partial charge in [-0.1, -0.05) is 50.8 Å². The molecule has 0 aromatic carbocycles. The minimum Gasteiger partial charge on any atom is -0.142 e. The zero-order chi connectivity index (χ0) is 9.19. The highest BCUT2D eigenvalue weighted by Crippen LogP contribution is 2.29. The number of hydrogen-bond donors (Lipinski definition) is 0. The van der Waals surface area contributed by atoms with E-state index in [1.54, 1.807) is 23.1 Å². The molecule has 0 fully saturated rings. The Morgan fingerprint density at radius 1 is 1.33 bits per heavy atom. The van der Waals surface area contributed by atoms with Crippen molar-refractivity contribution in [1.82, 2.24) is 10.2 Å². The quantitative estimate of drug-likeness (QED) is 0.690. The smallest absolute Gasteiger partial charge is 0.142 e. The molecule has 0 aliphatic heterocycles. The highest BCUT2D eigenvalue weighted by Gasteiger charge is 2.18. The van der Waals surface area contributed by atoms with Gasteiger partial charge in [0, 0.05) is 5.41 Å². The number of hydrogen-bond acceptors (Lipinski definition) is 4. The summed E-state index contributed by atoms with van der Waals surface area (Å²) in [6.07, 6.45) is 0. The molecule has 0 unspecified atom stereocenters. The standard InChI is InChI=1S/C8H14N2S2/c1-5-11-7-10-9-6(12-7)8(2,3)4/h5H2,1-4H3. The normalized spacial score (nSPS) is 12.0. The second-order valence-corrected chi connectivity index (χ2v) is 6.04. The van der Waals surface area contributed by atoms with Gasteiger partial charge < -0.3 is 0 Å². The first kappa shape index (κ1) is 9.99. The van der Waals surface area contributed by atoms with E-state index in [9.17, 15) is 0 Å². The fraction of sp³-hybridized carbons (Fsp3) is 0.750. The molecule has 0 spiro atoms. The molecule has 0 atom stereocenters. The van der Waals surface area contributed by atoms with Crippen LogP contribution in [-0.2, 0) is 5.41 Å². The Hall–Kier alpha value is -0.0900. The van der Waals surface area contributed by atoms with E-state index < -0.39 is 0 Å². The SMILES string of the molecule is CCSc1nnc(C(C)(C)C)s1. The maximum Gasteiger partial charge on any atom is 0.174 e. The molecule has 0 saturated heterocycles. The van der Waals surface area contributed by atoms with Crippen molar-refractivity contribution in [2.45, 2.75) is 37.4 Å². The monoisotopic (exact) mass is 202 g/mol. The zero-order valence-corrected chi connectivity index (χ0v) is 9.55. The van der Waals surface area contributed by atoms with Gasteiger partial charge >= 0.3 is 0 Å². The molecule has 0 radical (unpaired) electrons. The summed E-state index contributed by atoms with van der Waals surface area (Å²) in [7, 11) is 0.